The molecule has 1 heterocycles. The first-order chi connectivity index (χ1) is 12.7. The van der Waals surface area contributed by atoms with Gasteiger partial charge in [-0.25, -0.2) is 4.57 Å². The van der Waals surface area contributed by atoms with E-state index in [4.69, 9.17) is 0 Å². The maximum atomic E-state index is 2.38. The lowest BCUT2D eigenvalue weighted by Gasteiger charge is -2.36. The van der Waals surface area contributed by atoms with E-state index in [1.54, 1.807) is 5.56 Å². The number of aryl methyl sites for hydroxylation is 2. The van der Waals surface area contributed by atoms with E-state index < -0.39 is 0 Å². The highest BCUT2D eigenvalue weighted by Gasteiger charge is 2.46. The molecule has 2 unspecified atom stereocenters. The van der Waals surface area contributed by atoms with Crippen LogP contribution in [0.15, 0.2) is 66.9 Å². The van der Waals surface area contributed by atoms with Crippen molar-refractivity contribution in [3.63, 3.8) is 0 Å². The second-order valence-electron chi connectivity index (χ2n) is 8.21. The van der Waals surface area contributed by atoms with Gasteiger partial charge in [0.15, 0.2) is 6.20 Å². The molecule has 3 fully saturated rings. The molecule has 3 aliphatic rings. The first kappa shape index (κ1) is 15.8. The largest absolute Gasteiger partial charge is 0.213 e. The fourth-order valence-corrected chi connectivity index (χ4v) is 5.21. The molecule has 0 N–H and O–H groups in total. The van der Waals surface area contributed by atoms with E-state index in [1.807, 2.05) is 0 Å². The fourth-order valence-electron chi connectivity index (χ4n) is 5.21. The van der Waals surface area contributed by atoms with E-state index in [9.17, 15) is 0 Å². The van der Waals surface area contributed by atoms with E-state index in [1.165, 1.54) is 47.2 Å². The highest BCUT2D eigenvalue weighted by Crippen LogP contribution is 2.58. The number of rotatable bonds is 3. The fraction of sp³-hybridized carbons (Fsp3) is 0.320. The molecule has 2 atom stereocenters. The summed E-state index contributed by atoms with van der Waals surface area (Å²) in [4.78, 5) is 0. The first-order valence-corrected chi connectivity index (χ1v) is 9.87. The summed E-state index contributed by atoms with van der Waals surface area (Å²) >= 11 is 0. The van der Waals surface area contributed by atoms with Gasteiger partial charge in [0, 0.05) is 17.7 Å². The van der Waals surface area contributed by atoms with Crippen molar-refractivity contribution in [2.24, 2.45) is 18.9 Å². The van der Waals surface area contributed by atoms with Gasteiger partial charge in [0.1, 0.15) is 7.05 Å². The zero-order valence-corrected chi connectivity index (χ0v) is 15.7. The van der Waals surface area contributed by atoms with Crippen molar-refractivity contribution < 1.29 is 4.57 Å². The van der Waals surface area contributed by atoms with Gasteiger partial charge in [0.2, 0.25) is 5.69 Å². The normalized spacial score (nSPS) is 23.7. The van der Waals surface area contributed by atoms with E-state index in [0.717, 1.165) is 17.8 Å². The summed E-state index contributed by atoms with van der Waals surface area (Å²) in [5.41, 5.74) is 8.06. The molecule has 130 valence electrons. The van der Waals surface area contributed by atoms with Crippen LogP contribution in [0, 0.1) is 18.8 Å². The molecule has 0 spiro atoms. The molecular weight excluding hydrogens is 314 g/mol. The molecule has 3 saturated carbocycles. The third-order valence-electron chi connectivity index (χ3n) is 6.73. The summed E-state index contributed by atoms with van der Waals surface area (Å²) in [7, 11) is 2.13. The molecule has 0 amide bonds. The van der Waals surface area contributed by atoms with Crippen molar-refractivity contribution in [1.82, 2.24) is 0 Å². The van der Waals surface area contributed by atoms with Crippen LogP contribution in [0.25, 0.3) is 22.4 Å². The molecule has 1 aromatic heterocycles. The lowest BCUT2D eigenvalue weighted by molar-refractivity contribution is -0.660. The zero-order valence-electron chi connectivity index (χ0n) is 15.7. The minimum absolute atomic E-state index is 0.847. The van der Waals surface area contributed by atoms with Crippen molar-refractivity contribution >= 4 is 0 Å². The summed E-state index contributed by atoms with van der Waals surface area (Å²) in [6.45, 7) is 2.18. The van der Waals surface area contributed by atoms with Crippen LogP contribution in [0.3, 0.4) is 0 Å². The van der Waals surface area contributed by atoms with Gasteiger partial charge >= 0.3 is 0 Å². The molecule has 3 aromatic rings. The van der Waals surface area contributed by atoms with Crippen LogP contribution in [0.2, 0.25) is 0 Å². The standard InChI is InChI=1S/C25H26N/c1-17-5-3-4-6-23(17)24-16-20(13-14-26(24)2)18-7-9-19(10-8-18)25-21-11-12-22(25)15-21/h3-10,13-14,16,21-22,25H,11-12,15H2,1-2H3/q+1. The van der Waals surface area contributed by atoms with E-state index >= 15 is 0 Å². The molecule has 0 radical (unpaired) electrons. The van der Waals surface area contributed by atoms with Crippen LogP contribution in [-0.4, -0.2) is 0 Å². The Morgan fingerprint density at radius 3 is 2.27 bits per heavy atom. The molecule has 2 bridgehead atoms. The number of fused-ring (bicyclic) bond motifs is 1. The van der Waals surface area contributed by atoms with Crippen molar-refractivity contribution in [2.45, 2.75) is 32.1 Å². The average Bonchev–Trinajstić information content (AvgIpc) is 3.29. The Hall–Kier alpha value is -2.41. The Morgan fingerprint density at radius 1 is 0.846 bits per heavy atom. The quantitative estimate of drug-likeness (QED) is 0.541. The maximum absolute atomic E-state index is 2.38. The highest BCUT2D eigenvalue weighted by atomic mass is 14.9. The molecule has 6 rings (SSSR count). The Balaban J connectivity index is 1.49. The summed E-state index contributed by atoms with van der Waals surface area (Å²) in [5, 5.41) is 0. The molecule has 26 heavy (non-hydrogen) atoms. The summed E-state index contributed by atoms with van der Waals surface area (Å²) in [5.74, 6) is 2.78. The van der Waals surface area contributed by atoms with Gasteiger partial charge in [-0.1, -0.05) is 42.5 Å². The van der Waals surface area contributed by atoms with Crippen LogP contribution in [0.5, 0.6) is 0 Å². The van der Waals surface area contributed by atoms with E-state index in [-0.39, 0.29) is 0 Å². The molecule has 0 saturated heterocycles. The number of hydrogen-bond acceptors (Lipinski definition) is 0. The van der Waals surface area contributed by atoms with Crippen LogP contribution < -0.4 is 4.57 Å². The average molecular weight is 340 g/mol. The van der Waals surface area contributed by atoms with Gasteiger partial charge in [-0.2, -0.15) is 0 Å². The number of hydrogen-bond donors (Lipinski definition) is 0. The van der Waals surface area contributed by atoms with E-state index in [2.05, 4.69) is 85.4 Å². The number of pyridine rings is 1. The smallest absolute Gasteiger partial charge is 0.201 e. The van der Waals surface area contributed by atoms with Crippen molar-refractivity contribution in [2.75, 3.05) is 0 Å². The minimum Gasteiger partial charge on any atom is -0.201 e. The van der Waals surface area contributed by atoms with Crippen LogP contribution in [-0.2, 0) is 7.05 Å². The SMILES string of the molecule is Cc1ccccc1-c1cc(-c2ccc(C3C4CCC3C4)cc2)cc[n+]1C. The van der Waals surface area contributed by atoms with E-state index in [0.29, 0.717) is 0 Å². The van der Waals surface area contributed by atoms with Gasteiger partial charge in [-0.05, 0) is 72.3 Å². The Bertz CT molecular complexity index is 940. The molecule has 3 aliphatic carbocycles. The Morgan fingerprint density at radius 2 is 1.58 bits per heavy atom. The van der Waals surface area contributed by atoms with Crippen LogP contribution >= 0.6 is 0 Å². The third-order valence-corrected chi connectivity index (χ3v) is 6.73. The first-order valence-electron chi connectivity index (χ1n) is 9.87. The maximum Gasteiger partial charge on any atom is 0.213 e. The van der Waals surface area contributed by atoms with Crippen molar-refractivity contribution in [1.29, 1.82) is 0 Å². The third kappa shape index (κ3) is 2.49. The van der Waals surface area contributed by atoms with Crippen LogP contribution in [0.4, 0.5) is 0 Å². The lowest BCUT2D eigenvalue weighted by Crippen LogP contribution is -2.30. The monoisotopic (exact) mass is 340 g/mol. The molecular formula is C25H26N+. The minimum atomic E-state index is 0.847. The number of benzene rings is 2. The Labute approximate surface area is 156 Å². The zero-order chi connectivity index (χ0) is 17.7. The highest BCUT2D eigenvalue weighted by molar-refractivity contribution is 5.70. The van der Waals surface area contributed by atoms with Gasteiger partial charge < -0.3 is 0 Å². The van der Waals surface area contributed by atoms with Crippen LogP contribution in [0.1, 0.15) is 36.3 Å². The second kappa shape index (κ2) is 6.09. The lowest BCUT2D eigenvalue weighted by atomic mass is 9.68. The van der Waals surface area contributed by atoms with Crippen molar-refractivity contribution in [3.8, 4) is 22.4 Å². The summed E-state index contributed by atoms with van der Waals surface area (Å²) in [6, 6.07) is 22.6. The van der Waals surface area contributed by atoms with Gasteiger partial charge in [0.25, 0.3) is 0 Å². The van der Waals surface area contributed by atoms with Gasteiger partial charge in [-0.3, -0.25) is 0 Å². The predicted molar refractivity (Wildman–Crippen MR) is 107 cm³/mol. The Kier molecular flexibility index (Phi) is 3.70. The topological polar surface area (TPSA) is 3.88 Å². The van der Waals surface area contributed by atoms with Gasteiger partial charge in [-0.15, -0.1) is 0 Å². The molecule has 2 aromatic carbocycles. The van der Waals surface area contributed by atoms with Gasteiger partial charge in [0.05, 0.1) is 0 Å². The second-order valence-corrected chi connectivity index (χ2v) is 8.21. The molecule has 1 nitrogen and oxygen atoms in total. The predicted octanol–water partition coefficient (Wildman–Crippen LogP) is 5.67. The summed E-state index contributed by atoms with van der Waals surface area (Å²) in [6.07, 6.45) is 6.55. The molecule has 0 aliphatic heterocycles. The number of nitrogens with zero attached hydrogens (tertiary/aromatic N) is 1. The number of aromatic nitrogens is 1. The molecule has 1 heteroatoms. The summed E-state index contributed by atoms with van der Waals surface area (Å²) < 4.78 is 2.21. The van der Waals surface area contributed by atoms with Crippen molar-refractivity contribution in [3.05, 3.63) is 78.0 Å².